The molecule has 2 amide bonds. The van der Waals surface area contributed by atoms with Gasteiger partial charge in [-0.1, -0.05) is 48.5 Å². The Kier molecular flexibility index (Phi) is 7.11. The van der Waals surface area contributed by atoms with Crippen molar-refractivity contribution >= 4 is 28.9 Å². The van der Waals surface area contributed by atoms with Crippen LogP contribution in [0.15, 0.2) is 78.9 Å². The van der Waals surface area contributed by atoms with E-state index >= 15 is 0 Å². The number of carbonyl (C=O) groups excluding carboxylic acids is 2. The Labute approximate surface area is 203 Å². The third-order valence-corrected chi connectivity index (χ3v) is 5.48. The first kappa shape index (κ1) is 23.6. The molecule has 0 spiro atoms. The summed E-state index contributed by atoms with van der Waals surface area (Å²) in [5.74, 6) is 0.687. The van der Waals surface area contributed by atoms with Gasteiger partial charge in [-0.05, 0) is 41.5 Å². The second-order valence-corrected chi connectivity index (χ2v) is 7.87. The number of carbonyl (C=O) groups is 2. The third kappa shape index (κ3) is 5.50. The van der Waals surface area contributed by atoms with Gasteiger partial charge in [-0.15, -0.1) is 0 Å². The Hall–Kier alpha value is -4.59. The van der Waals surface area contributed by atoms with E-state index in [9.17, 15) is 9.59 Å². The molecule has 3 N–H and O–H groups in total. The molecule has 0 fully saturated rings. The summed E-state index contributed by atoms with van der Waals surface area (Å²) in [6.07, 6.45) is 3.13. The summed E-state index contributed by atoms with van der Waals surface area (Å²) >= 11 is 0. The smallest absolute Gasteiger partial charge is 0.255 e. The van der Waals surface area contributed by atoms with E-state index in [-0.39, 0.29) is 12.5 Å². The number of amides is 2. The highest BCUT2D eigenvalue weighted by Crippen LogP contribution is 2.29. The fourth-order valence-corrected chi connectivity index (χ4v) is 3.78. The maximum absolute atomic E-state index is 13.0. The molecule has 8 heteroatoms. The van der Waals surface area contributed by atoms with Crippen LogP contribution in [0.25, 0.3) is 17.1 Å². The summed E-state index contributed by atoms with van der Waals surface area (Å²) in [5, 5.41) is 3.08. The van der Waals surface area contributed by atoms with Crippen molar-refractivity contribution < 1.29 is 19.1 Å². The van der Waals surface area contributed by atoms with Crippen molar-refractivity contribution in [1.29, 1.82) is 0 Å². The summed E-state index contributed by atoms with van der Waals surface area (Å²) in [4.78, 5) is 28.7. The average Bonchev–Trinajstić information content (AvgIpc) is 3.21. The predicted octanol–water partition coefficient (Wildman–Crippen LogP) is 3.37. The average molecular weight is 471 g/mol. The van der Waals surface area contributed by atoms with Crippen LogP contribution in [0.2, 0.25) is 0 Å². The molecule has 8 nitrogen and oxygen atoms in total. The molecule has 3 aromatic carbocycles. The third-order valence-electron chi connectivity index (χ3n) is 5.48. The Bertz CT molecular complexity index is 1380. The number of methoxy groups -OCH3 is 1. The quantitative estimate of drug-likeness (QED) is 0.365. The number of hydrogen-bond acceptors (Lipinski definition) is 5. The van der Waals surface area contributed by atoms with Crippen molar-refractivity contribution in [3.05, 3.63) is 95.8 Å². The van der Waals surface area contributed by atoms with Crippen molar-refractivity contribution in [2.24, 2.45) is 12.8 Å². The maximum atomic E-state index is 13.0. The normalized spacial score (nSPS) is 11.9. The van der Waals surface area contributed by atoms with E-state index in [0.717, 1.165) is 28.0 Å². The number of fused-ring (bicyclic) bond motifs is 1. The molecule has 0 bridgehead atoms. The van der Waals surface area contributed by atoms with Gasteiger partial charge in [-0.3, -0.25) is 9.59 Å². The van der Waals surface area contributed by atoms with Crippen LogP contribution in [0, 0.1) is 0 Å². The van der Waals surface area contributed by atoms with Crippen LogP contribution in [0.3, 0.4) is 0 Å². The van der Waals surface area contributed by atoms with Crippen LogP contribution in [0.1, 0.15) is 23.0 Å². The van der Waals surface area contributed by atoms with Gasteiger partial charge in [0, 0.05) is 13.1 Å². The van der Waals surface area contributed by atoms with E-state index in [1.54, 1.807) is 24.3 Å². The molecule has 0 aliphatic carbocycles. The van der Waals surface area contributed by atoms with Crippen molar-refractivity contribution in [2.75, 3.05) is 13.7 Å². The Morgan fingerprint density at radius 3 is 2.51 bits per heavy atom. The molecule has 1 atom stereocenters. The summed E-state index contributed by atoms with van der Waals surface area (Å²) in [7, 11) is 3.44. The van der Waals surface area contributed by atoms with E-state index in [4.69, 9.17) is 20.2 Å². The van der Waals surface area contributed by atoms with Gasteiger partial charge in [0.25, 0.3) is 5.91 Å². The highest BCUT2D eigenvalue weighted by Gasteiger charge is 2.22. The SMILES string of the molecule is COc1cc(/C=C/C(=O)NC(c2ccccc2)c2nc3ccccc3n2C)ccc1OCC(N)=O. The number of para-hydroxylation sites is 2. The number of aryl methyl sites for hydroxylation is 1. The molecular weight excluding hydrogens is 444 g/mol. The summed E-state index contributed by atoms with van der Waals surface area (Å²) < 4.78 is 12.7. The number of nitrogens with zero attached hydrogens (tertiary/aromatic N) is 2. The molecule has 4 aromatic rings. The van der Waals surface area contributed by atoms with Crippen LogP contribution in [0.5, 0.6) is 11.5 Å². The zero-order valence-corrected chi connectivity index (χ0v) is 19.5. The molecule has 1 heterocycles. The van der Waals surface area contributed by atoms with Crippen molar-refractivity contribution in [3.63, 3.8) is 0 Å². The highest BCUT2D eigenvalue weighted by molar-refractivity contribution is 5.92. The minimum absolute atomic E-state index is 0.253. The van der Waals surface area contributed by atoms with Gasteiger partial charge in [0.1, 0.15) is 11.9 Å². The Morgan fingerprint density at radius 2 is 1.80 bits per heavy atom. The fourth-order valence-electron chi connectivity index (χ4n) is 3.78. The number of aromatic nitrogens is 2. The van der Waals surface area contributed by atoms with Gasteiger partial charge in [0.2, 0.25) is 5.91 Å². The minimum atomic E-state index is -0.582. The van der Waals surface area contributed by atoms with E-state index in [2.05, 4.69) is 5.32 Å². The number of benzene rings is 3. The molecule has 35 heavy (non-hydrogen) atoms. The molecule has 1 aromatic heterocycles. The van der Waals surface area contributed by atoms with Gasteiger partial charge in [-0.25, -0.2) is 4.98 Å². The maximum Gasteiger partial charge on any atom is 0.255 e. The zero-order chi connectivity index (χ0) is 24.8. The summed E-state index contributed by atoms with van der Waals surface area (Å²) in [5.41, 5.74) is 8.62. The molecular formula is C27H26N4O4. The van der Waals surface area contributed by atoms with Crippen LogP contribution >= 0.6 is 0 Å². The first-order chi connectivity index (χ1) is 17.0. The lowest BCUT2D eigenvalue weighted by Crippen LogP contribution is -2.29. The molecule has 0 aliphatic rings. The van der Waals surface area contributed by atoms with Gasteiger partial charge >= 0.3 is 0 Å². The molecule has 0 radical (unpaired) electrons. The first-order valence-corrected chi connectivity index (χ1v) is 11.0. The van der Waals surface area contributed by atoms with E-state index < -0.39 is 11.9 Å². The number of nitrogens with two attached hydrogens (primary N) is 1. The molecule has 0 saturated carbocycles. The number of rotatable bonds is 9. The lowest BCUT2D eigenvalue weighted by Gasteiger charge is -2.18. The molecule has 178 valence electrons. The Balaban J connectivity index is 1.57. The van der Waals surface area contributed by atoms with Gasteiger partial charge in [-0.2, -0.15) is 0 Å². The fraction of sp³-hybridized carbons (Fsp3) is 0.148. The van der Waals surface area contributed by atoms with Crippen molar-refractivity contribution in [1.82, 2.24) is 14.9 Å². The highest BCUT2D eigenvalue weighted by atomic mass is 16.5. The lowest BCUT2D eigenvalue weighted by atomic mass is 10.1. The Morgan fingerprint density at radius 1 is 1.06 bits per heavy atom. The monoisotopic (exact) mass is 470 g/mol. The minimum Gasteiger partial charge on any atom is -0.493 e. The van der Waals surface area contributed by atoms with E-state index in [1.807, 2.05) is 66.2 Å². The van der Waals surface area contributed by atoms with Gasteiger partial charge in [0.15, 0.2) is 18.1 Å². The molecule has 0 saturated heterocycles. The number of imidazole rings is 1. The van der Waals surface area contributed by atoms with Crippen LogP contribution in [-0.4, -0.2) is 35.1 Å². The summed E-state index contributed by atoms with van der Waals surface area (Å²) in [6, 6.07) is 22.3. The topological polar surface area (TPSA) is 108 Å². The number of primary amides is 1. The van der Waals surface area contributed by atoms with Crippen LogP contribution in [0.4, 0.5) is 0 Å². The molecule has 4 rings (SSSR count). The summed E-state index contributed by atoms with van der Waals surface area (Å²) in [6.45, 7) is -0.253. The zero-order valence-electron chi connectivity index (χ0n) is 19.5. The van der Waals surface area contributed by atoms with Crippen molar-refractivity contribution in [2.45, 2.75) is 6.04 Å². The second-order valence-electron chi connectivity index (χ2n) is 7.87. The number of hydrogen-bond donors (Lipinski definition) is 2. The number of ether oxygens (including phenoxy) is 2. The van der Waals surface area contributed by atoms with Gasteiger partial charge < -0.3 is 25.1 Å². The first-order valence-electron chi connectivity index (χ1n) is 11.0. The van der Waals surface area contributed by atoms with E-state index in [1.165, 1.54) is 13.2 Å². The van der Waals surface area contributed by atoms with Crippen LogP contribution < -0.4 is 20.5 Å². The number of nitrogens with one attached hydrogen (secondary N) is 1. The van der Waals surface area contributed by atoms with Gasteiger partial charge in [0.05, 0.1) is 18.1 Å². The molecule has 0 aliphatic heterocycles. The standard InChI is InChI=1S/C27H26N4O4/c1-31-21-11-7-6-10-20(21)29-27(31)26(19-8-4-3-5-9-19)30-25(33)15-13-18-12-14-22(23(16-18)34-2)35-17-24(28)32/h3-16,26H,17H2,1-2H3,(H2,28,32)(H,30,33)/b15-13+. The lowest BCUT2D eigenvalue weighted by molar-refractivity contribution is -0.120. The van der Waals surface area contributed by atoms with E-state index in [0.29, 0.717) is 11.5 Å². The van der Waals surface area contributed by atoms with Crippen molar-refractivity contribution in [3.8, 4) is 11.5 Å². The van der Waals surface area contributed by atoms with Crippen LogP contribution in [-0.2, 0) is 16.6 Å². The molecule has 1 unspecified atom stereocenters. The second kappa shape index (κ2) is 10.6. The largest absolute Gasteiger partial charge is 0.493 e. The predicted molar refractivity (Wildman–Crippen MR) is 134 cm³/mol.